The van der Waals surface area contributed by atoms with E-state index in [4.69, 9.17) is 16.3 Å². The molecule has 4 N–H and O–H groups in total. The van der Waals surface area contributed by atoms with E-state index in [9.17, 15) is 19.2 Å². The lowest BCUT2D eigenvalue weighted by molar-refractivity contribution is -0.131. The second kappa shape index (κ2) is 16.0. The van der Waals surface area contributed by atoms with Gasteiger partial charge in [0.2, 0.25) is 17.7 Å². The number of nitrogens with one attached hydrogen (secondary N) is 4. The van der Waals surface area contributed by atoms with Gasteiger partial charge in [0.1, 0.15) is 17.7 Å². The van der Waals surface area contributed by atoms with Crippen LogP contribution >= 0.6 is 11.6 Å². The highest BCUT2D eigenvalue weighted by molar-refractivity contribution is 6.30. The molecule has 3 atom stereocenters. The number of hydrogen-bond donors (Lipinski definition) is 4. The number of halogens is 1. The first-order valence-corrected chi connectivity index (χ1v) is 14.3. The summed E-state index contributed by atoms with van der Waals surface area (Å²) >= 11 is 6.01. The van der Waals surface area contributed by atoms with Gasteiger partial charge in [-0.1, -0.05) is 67.9 Å². The number of rotatable bonds is 13. The van der Waals surface area contributed by atoms with Crippen LogP contribution in [-0.2, 0) is 32.0 Å². The van der Waals surface area contributed by atoms with Crippen LogP contribution in [0.4, 0.5) is 4.79 Å². The van der Waals surface area contributed by atoms with Crippen LogP contribution in [0.2, 0.25) is 5.02 Å². The number of ether oxygens (including phenoxy) is 1. The highest BCUT2D eigenvalue weighted by Gasteiger charge is 2.31. The Morgan fingerprint density at radius 1 is 0.829 bits per heavy atom. The summed E-state index contributed by atoms with van der Waals surface area (Å²) in [5, 5.41) is 11.8. The number of amides is 4. The average molecular weight is 587 g/mol. The molecule has 0 fully saturated rings. The highest BCUT2D eigenvalue weighted by atomic mass is 35.5. The van der Waals surface area contributed by atoms with E-state index in [1.807, 2.05) is 63.2 Å². The summed E-state index contributed by atoms with van der Waals surface area (Å²) < 4.78 is 5.37. The van der Waals surface area contributed by atoms with Crippen molar-refractivity contribution in [2.45, 2.75) is 84.5 Å². The van der Waals surface area contributed by atoms with Gasteiger partial charge in [-0.25, -0.2) is 4.79 Å². The molecule has 0 spiro atoms. The Balaban J connectivity index is 2.22. The Bertz CT molecular complexity index is 1150. The topological polar surface area (TPSA) is 126 Å². The van der Waals surface area contributed by atoms with E-state index in [2.05, 4.69) is 21.3 Å². The third kappa shape index (κ3) is 12.6. The van der Waals surface area contributed by atoms with Gasteiger partial charge >= 0.3 is 6.09 Å². The molecule has 0 saturated heterocycles. The van der Waals surface area contributed by atoms with Crippen molar-refractivity contribution in [3.05, 3.63) is 70.7 Å². The van der Waals surface area contributed by atoms with Crippen LogP contribution in [-0.4, -0.2) is 54.1 Å². The summed E-state index contributed by atoms with van der Waals surface area (Å²) in [6, 6.07) is 14.0. The minimum atomic E-state index is -0.985. The minimum Gasteiger partial charge on any atom is -0.444 e. The van der Waals surface area contributed by atoms with Gasteiger partial charge in [-0.2, -0.15) is 0 Å². The third-order valence-corrected chi connectivity index (χ3v) is 6.34. The molecule has 2 rings (SSSR count). The first-order valence-electron chi connectivity index (χ1n) is 13.9. The summed E-state index contributed by atoms with van der Waals surface area (Å²) in [6.45, 7) is 11.1. The van der Waals surface area contributed by atoms with Crippen LogP contribution in [0.25, 0.3) is 0 Å². The Kier molecular flexibility index (Phi) is 13.1. The molecule has 4 amide bonds. The molecule has 0 aliphatic carbocycles. The summed E-state index contributed by atoms with van der Waals surface area (Å²) in [6.07, 6.45) is -0.0635. The number of benzene rings is 2. The lowest BCUT2D eigenvalue weighted by Gasteiger charge is -2.28. The van der Waals surface area contributed by atoms with Gasteiger partial charge in [0.15, 0.2) is 0 Å². The standard InChI is InChI=1S/C31H43ClN4O5/c1-7-33-26(37)19-24(17-22-13-15-23(32)16-14-22)34-29(39)27(20(2)3)36-28(38)25(18-21-11-9-8-10-12-21)35-30(40)41-31(4,5)6/h8-16,20,24-25,27H,7,17-19H2,1-6H3,(H,33,37)(H,34,39)(H,35,40)(H,36,38)/t24-,25?,27-/m0/s1. The van der Waals surface area contributed by atoms with E-state index in [0.29, 0.717) is 18.0 Å². The molecule has 2 aromatic carbocycles. The minimum absolute atomic E-state index is 0.0673. The maximum absolute atomic E-state index is 13.5. The first-order chi connectivity index (χ1) is 19.3. The van der Waals surface area contributed by atoms with Crippen LogP contribution in [0, 0.1) is 5.92 Å². The summed E-state index contributed by atoms with van der Waals surface area (Å²) in [5.74, 6) is -1.42. The van der Waals surface area contributed by atoms with Crippen LogP contribution in [0.1, 0.15) is 59.1 Å². The molecule has 0 bridgehead atoms. The van der Waals surface area contributed by atoms with Crippen molar-refractivity contribution < 1.29 is 23.9 Å². The summed E-state index contributed by atoms with van der Waals surface area (Å²) in [7, 11) is 0. The Morgan fingerprint density at radius 3 is 2.00 bits per heavy atom. The quantitative estimate of drug-likeness (QED) is 0.280. The van der Waals surface area contributed by atoms with Gasteiger partial charge in [0.05, 0.1) is 0 Å². The molecule has 0 heterocycles. The smallest absolute Gasteiger partial charge is 0.408 e. The van der Waals surface area contributed by atoms with Crippen LogP contribution < -0.4 is 21.3 Å². The third-order valence-electron chi connectivity index (χ3n) is 6.08. The van der Waals surface area contributed by atoms with Crippen molar-refractivity contribution in [3.63, 3.8) is 0 Å². The van der Waals surface area contributed by atoms with Crippen molar-refractivity contribution in [2.75, 3.05) is 6.54 Å². The van der Waals surface area contributed by atoms with Gasteiger partial charge in [0.25, 0.3) is 0 Å². The fraction of sp³-hybridized carbons (Fsp3) is 0.484. The SMILES string of the molecule is CCNC(=O)C[C@H](Cc1ccc(Cl)cc1)NC(=O)[C@@H](NC(=O)C(Cc1ccccc1)NC(=O)OC(C)(C)C)C(C)C. The van der Waals surface area contributed by atoms with E-state index < -0.39 is 41.6 Å². The van der Waals surface area contributed by atoms with E-state index in [-0.39, 0.29) is 24.7 Å². The molecular weight excluding hydrogens is 544 g/mol. The number of carbonyl (C=O) groups excluding carboxylic acids is 4. The van der Waals surface area contributed by atoms with Crippen molar-refractivity contribution >= 4 is 35.4 Å². The van der Waals surface area contributed by atoms with Crippen LogP contribution in [0.15, 0.2) is 54.6 Å². The normalized spacial score (nSPS) is 13.5. The van der Waals surface area contributed by atoms with Gasteiger partial charge in [-0.05, 0) is 63.3 Å². The molecule has 41 heavy (non-hydrogen) atoms. The maximum Gasteiger partial charge on any atom is 0.408 e. The average Bonchev–Trinajstić information content (AvgIpc) is 2.87. The Morgan fingerprint density at radius 2 is 1.44 bits per heavy atom. The number of alkyl carbamates (subject to hydrolysis) is 1. The summed E-state index contributed by atoms with van der Waals surface area (Å²) in [5.41, 5.74) is 0.985. The summed E-state index contributed by atoms with van der Waals surface area (Å²) in [4.78, 5) is 52.0. The van der Waals surface area contributed by atoms with Crippen molar-refractivity contribution in [2.24, 2.45) is 5.92 Å². The van der Waals surface area contributed by atoms with Gasteiger partial charge in [0, 0.05) is 30.5 Å². The van der Waals surface area contributed by atoms with E-state index in [0.717, 1.165) is 11.1 Å². The second-order valence-corrected chi connectivity index (χ2v) is 11.7. The monoisotopic (exact) mass is 586 g/mol. The fourth-order valence-electron chi connectivity index (χ4n) is 4.16. The van der Waals surface area contributed by atoms with Gasteiger partial charge in [-0.3, -0.25) is 14.4 Å². The zero-order chi connectivity index (χ0) is 30.6. The molecule has 9 nitrogen and oxygen atoms in total. The second-order valence-electron chi connectivity index (χ2n) is 11.3. The predicted octanol–water partition coefficient (Wildman–Crippen LogP) is 4.17. The van der Waals surface area contributed by atoms with Crippen LogP contribution in [0.5, 0.6) is 0 Å². The first kappa shape index (κ1) is 33.6. The number of carbonyl (C=O) groups is 4. The van der Waals surface area contributed by atoms with E-state index in [1.165, 1.54) is 0 Å². The highest BCUT2D eigenvalue weighted by Crippen LogP contribution is 2.14. The van der Waals surface area contributed by atoms with Gasteiger partial charge < -0.3 is 26.0 Å². The molecule has 1 unspecified atom stereocenters. The van der Waals surface area contributed by atoms with E-state index >= 15 is 0 Å². The van der Waals surface area contributed by atoms with Gasteiger partial charge in [-0.15, -0.1) is 0 Å². The molecular formula is C31H43ClN4O5. The zero-order valence-electron chi connectivity index (χ0n) is 24.8. The molecule has 0 radical (unpaired) electrons. The fourth-order valence-corrected chi connectivity index (χ4v) is 4.29. The maximum atomic E-state index is 13.5. The molecule has 0 aromatic heterocycles. The molecule has 224 valence electrons. The molecule has 10 heteroatoms. The molecule has 0 aliphatic rings. The largest absolute Gasteiger partial charge is 0.444 e. The van der Waals surface area contributed by atoms with Crippen LogP contribution in [0.3, 0.4) is 0 Å². The zero-order valence-corrected chi connectivity index (χ0v) is 25.5. The lowest BCUT2D eigenvalue weighted by atomic mass is 9.98. The Labute approximate surface area is 248 Å². The lowest BCUT2D eigenvalue weighted by Crippen LogP contribution is -2.57. The molecule has 0 saturated carbocycles. The van der Waals surface area contributed by atoms with Crippen molar-refractivity contribution in [3.8, 4) is 0 Å². The Hall–Kier alpha value is -3.59. The van der Waals surface area contributed by atoms with E-state index in [1.54, 1.807) is 32.9 Å². The van der Waals surface area contributed by atoms with Crippen molar-refractivity contribution in [1.82, 2.24) is 21.3 Å². The number of hydrogen-bond acceptors (Lipinski definition) is 5. The molecule has 0 aliphatic heterocycles. The molecule has 2 aromatic rings. The predicted molar refractivity (Wildman–Crippen MR) is 160 cm³/mol. The van der Waals surface area contributed by atoms with Crippen molar-refractivity contribution in [1.29, 1.82) is 0 Å².